The molecule has 162 valence electrons. The highest BCUT2D eigenvalue weighted by atomic mass is 19.3. The second kappa shape index (κ2) is 7.89. The summed E-state index contributed by atoms with van der Waals surface area (Å²) >= 11 is 0. The molecule has 0 unspecified atom stereocenters. The van der Waals surface area contributed by atoms with Gasteiger partial charge in [0.25, 0.3) is 12.0 Å². The van der Waals surface area contributed by atoms with E-state index in [2.05, 4.69) is 15.3 Å². The monoisotopic (exact) mass is 433 g/mol. The van der Waals surface area contributed by atoms with Crippen LogP contribution in [0.2, 0.25) is 0 Å². The second-order valence-corrected chi connectivity index (χ2v) is 7.03. The van der Waals surface area contributed by atoms with Gasteiger partial charge in [-0.25, -0.2) is 37.6 Å². The smallest absolute Gasteiger partial charge is 0.429 e. The van der Waals surface area contributed by atoms with Gasteiger partial charge in [0.05, 0.1) is 29.1 Å². The highest BCUT2D eigenvalue weighted by Gasteiger charge is 2.26. The first kappa shape index (κ1) is 20.6. The SMILES string of the molecule is Cc1nc(N[C@H](C)c2cccc(C(F)F)c2F)c2cn(N3CCOC3=O)c(=O)cc2n1. The zero-order valence-corrected chi connectivity index (χ0v) is 16.6. The number of aromatic nitrogens is 3. The standard InChI is InChI=1S/C20H18F3N5O3/c1-10(12-4-3-5-13(17(12)21)18(22)23)24-19-14-9-28(27-6-7-31-20(27)30)16(29)8-15(14)25-11(2)26-19/h3-5,8-10,18H,6-7H2,1-2H3,(H,24,25,26)/t10-/m1/s1. The minimum absolute atomic E-state index is 0.0404. The van der Waals surface area contributed by atoms with Gasteiger partial charge >= 0.3 is 6.09 Å². The van der Waals surface area contributed by atoms with Crippen LogP contribution < -0.4 is 15.9 Å². The summed E-state index contributed by atoms with van der Waals surface area (Å²) in [4.78, 5) is 32.9. The maximum absolute atomic E-state index is 14.6. The Hall–Kier alpha value is -3.63. The Labute approximate surface area is 174 Å². The highest BCUT2D eigenvalue weighted by Crippen LogP contribution is 2.30. The lowest BCUT2D eigenvalue weighted by Crippen LogP contribution is -2.42. The van der Waals surface area contributed by atoms with Gasteiger partial charge in [0.1, 0.15) is 24.1 Å². The maximum atomic E-state index is 14.6. The third-order valence-corrected chi connectivity index (χ3v) is 4.94. The van der Waals surface area contributed by atoms with Crippen molar-refractivity contribution in [2.45, 2.75) is 26.3 Å². The van der Waals surface area contributed by atoms with Crippen molar-refractivity contribution >= 4 is 22.8 Å². The third kappa shape index (κ3) is 3.78. The van der Waals surface area contributed by atoms with Gasteiger partial charge < -0.3 is 10.1 Å². The summed E-state index contributed by atoms with van der Waals surface area (Å²) in [5.74, 6) is -0.385. The molecule has 3 aromatic rings. The molecule has 1 saturated heterocycles. The van der Waals surface area contributed by atoms with E-state index in [0.29, 0.717) is 16.7 Å². The summed E-state index contributed by atoms with van der Waals surface area (Å²) in [5, 5.41) is 4.54. The van der Waals surface area contributed by atoms with Crippen molar-refractivity contribution < 1.29 is 22.7 Å². The van der Waals surface area contributed by atoms with Crippen LogP contribution in [0, 0.1) is 12.7 Å². The van der Waals surface area contributed by atoms with Crippen molar-refractivity contribution in [3.8, 4) is 0 Å². The lowest BCUT2D eigenvalue weighted by Gasteiger charge is -2.20. The molecule has 0 bridgehead atoms. The first-order chi connectivity index (χ1) is 14.8. The van der Waals surface area contributed by atoms with Gasteiger partial charge in [-0.2, -0.15) is 0 Å². The number of fused-ring (bicyclic) bond motifs is 1. The van der Waals surface area contributed by atoms with Crippen molar-refractivity contribution in [2.24, 2.45) is 0 Å². The number of ether oxygens (including phenoxy) is 1. The van der Waals surface area contributed by atoms with Gasteiger partial charge in [-0.3, -0.25) is 4.79 Å². The molecular formula is C20H18F3N5O3. The van der Waals surface area contributed by atoms with E-state index in [4.69, 9.17) is 4.74 Å². The van der Waals surface area contributed by atoms with Crippen LogP contribution in [-0.4, -0.2) is 33.9 Å². The molecule has 0 spiro atoms. The number of rotatable bonds is 5. The topological polar surface area (TPSA) is 89.4 Å². The van der Waals surface area contributed by atoms with Crippen LogP contribution >= 0.6 is 0 Å². The summed E-state index contributed by atoms with van der Waals surface area (Å²) in [6, 6.07) is 4.33. The fourth-order valence-corrected chi connectivity index (χ4v) is 3.44. The van der Waals surface area contributed by atoms with Gasteiger partial charge in [-0.15, -0.1) is 0 Å². The molecule has 11 heteroatoms. The Balaban J connectivity index is 1.78. The number of carbonyl (C=O) groups is 1. The van der Waals surface area contributed by atoms with E-state index in [0.717, 1.165) is 15.8 Å². The van der Waals surface area contributed by atoms with Crippen molar-refractivity contribution in [1.29, 1.82) is 0 Å². The lowest BCUT2D eigenvalue weighted by atomic mass is 10.0. The number of amides is 1. The van der Waals surface area contributed by atoms with Gasteiger partial charge in [0.2, 0.25) is 0 Å². The summed E-state index contributed by atoms with van der Waals surface area (Å²) in [6.45, 7) is 3.57. The molecule has 1 aromatic carbocycles. The van der Waals surface area contributed by atoms with E-state index in [-0.39, 0.29) is 24.5 Å². The van der Waals surface area contributed by atoms with Gasteiger partial charge in [-0.1, -0.05) is 18.2 Å². The molecule has 1 fully saturated rings. The van der Waals surface area contributed by atoms with Crippen LogP contribution in [0.5, 0.6) is 0 Å². The quantitative estimate of drug-likeness (QED) is 0.663. The largest absolute Gasteiger partial charge is 0.446 e. The molecular weight excluding hydrogens is 415 g/mol. The first-order valence-corrected chi connectivity index (χ1v) is 9.45. The average molecular weight is 433 g/mol. The molecule has 8 nitrogen and oxygen atoms in total. The summed E-state index contributed by atoms with van der Waals surface area (Å²) in [6.07, 6.45) is -2.21. The maximum Gasteiger partial charge on any atom is 0.429 e. The van der Waals surface area contributed by atoms with E-state index in [1.807, 2.05) is 0 Å². The number of hydrogen-bond acceptors (Lipinski definition) is 6. The van der Waals surface area contributed by atoms with Gasteiger partial charge in [0.15, 0.2) is 0 Å². The minimum atomic E-state index is -2.94. The van der Waals surface area contributed by atoms with Gasteiger partial charge in [-0.05, 0) is 13.8 Å². The number of anilines is 1. The zero-order valence-electron chi connectivity index (χ0n) is 16.6. The second-order valence-electron chi connectivity index (χ2n) is 7.03. The zero-order chi connectivity index (χ0) is 22.3. The number of pyridine rings is 1. The van der Waals surface area contributed by atoms with Crippen molar-refractivity contribution in [3.05, 3.63) is 63.6 Å². The molecule has 1 amide bonds. The van der Waals surface area contributed by atoms with Crippen molar-refractivity contribution in [1.82, 2.24) is 14.6 Å². The average Bonchev–Trinajstić information content (AvgIpc) is 3.12. The number of nitrogens with one attached hydrogen (secondary N) is 1. The van der Waals surface area contributed by atoms with E-state index < -0.39 is 35.5 Å². The number of carbonyl (C=O) groups excluding carboxylic acids is 1. The van der Waals surface area contributed by atoms with E-state index in [1.54, 1.807) is 13.8 Å². The summed E-state index contributed by atoms with van der Waals surface area (Å²) in [7, 11) is 0. The fourth-order valence-electron chi connectivity index (χ4n) is 3.44. The first-order valence-electron chi connectivity index (χ1n) is 9.45. The number of alkyl halides is 2. The molecule has 1 aliphatic heterocycles. The molecule has 3 heterocycles. The predicted octanol–water partition coefficient (Wildman–Crippen LogP) is 3.44. The number of aryl methyl sites for hydroxylation is 1. The van der Waals surface area contributed by atoms with Crippen LogP contribution in [0.3, 0.4) is 0 Å². The van der Waals surface area contributed by atoms with Crippen molar-refractivity contribution in [2.75, 3.05) is 23.5 Å². The van der Waals surface area contributed by atoms with E-state index in [1.165, 1.54) is 24.4 Å². The van der Waals surface area contributed by atoms with Crippen LogP contribution in [-0.2, 0) is 4.74 Å². The molecule has 1 N–H and O–H groups in total. The number of hydrogen-bond donors (Lipinski definition) is 1. The Morgan fingerprint density at radius 3 is 2.61 bits per heavy atom. The fraction of sp³-hybridized carbons (Fsp3) is 0.300. The predicted molar refractivity (Wildman–Crippen MR) is 106 cm³/mol. The van der Waals surface area contributed by atoms with Gasteiger partial charge in [0, 0.05) is 17.8 Å². The van der Waals surface area contributed by atoms with Crippen molar-refractivity contribution in [3.63, 3.8) is 0 Å². The lowest BCUT2D eigenvalue weighted by molar-refractivity contribution is 0.146. The summed E-state index contributed by atoms with van der Waals surface area (Å²) < 4.78 is 46.7. The highest BCUT2D eigenvalue weighted by molar-refractivity contribution is 5.89. The minimum Gasteiger partial charge on any atom is -0.446 e. The normalized spacial score (nSPS) is 14.9. The molecule has 0 saturated carbocycles. The Bertz CT molecular complexity index is 1230. The van der Waals surface area contributed by atoms with Crippen LogP contribution in [0.25, 0.3) is 10.9 Å². The summed E-state index contributed by atoms with van der Waals surface area (Å²) in [5.41, 5.74) is -0.813. The number of cyclic esters (lactones) is 1. The van der Waals surface area contributed by atoms with Crippen LogP contribution in [0.1, 0.15) is 36.3 Å². The molecule has 2 aromatic heterocycles. The van der Waals surface area contributed by atoms with E-state index >= 15 is 0 Å². The number of halogens is 3. The molecule has 0 aliphatic carbocycles. The molecule has 1 aliphatic rings. The van der Waals surface area contributed by atoms with Crippen LogP contribution in [0.15, 0.2) is 35.3 Å². The number of benzene rings is 1. The number of nitrogens with zero attached hydrogens (tertiary/aromatic N) is 4. The molecule has 4 rings (SSSR count). The Kier molecular flexibility index (Phi) is 5.25. The Morgan fingerprint density at radius 2 is 1.94 bits per heavy atom. The van der Waals surface area contributed by atoms with E-state index in [9.17, 15) is 22.8 Å². The molecule has 1 atom stereocenters. The molecule has 31 heavy (non-hydrogen) atoms. The Morgan fingerprint density at radius 1 is 1.19 bits per heavy atom. The third-order valence-electron chi connectivity index (χ3n) is 4.94. The van der Waals surface area contributed by atoms with Crippen LogP contribution in [0.4, 0.5) is 23.8 Å². The molecule has 0 radical (unpaired) electrons.